The predicted molar refractivity (Wildman–Crippen MR) is 97.4 cm³/mol. The predicted octanol–water partition coefficient (Wildman–Crippen LogP) is 3.10. The van der Waals surface area contributed by atoms with Crippen LogP contribution in [0.2, 0.25) is 0 Å². The molecular weight excluding hydrogens is 324 g/mol. The van der Waals surface area contributed by atoms with Gasteiger partial charge in [0.15, 0.2) is 0 Å². The van der Waals surface area contributed by atoms with Gasteiger partial charge in [0.05, 0.1) is 4.90 Å². The Bertz CT molecular complexity index is 654. The molecule has 0 fully saturated rings. The molecule has 24 heavy (non-hydrogen) atoms. The van der Waals surface area contributed by atoms with E-state index in [0.717, 1.165) is 19.3 Å². The molecule has 0 spiro atoms. The molecule has 1 rings (SSSR count). The van der Waals surface area contributed by atoms with Crippen LogP contribution in [0.1, 0.15) is 50.4 Å². The van der Waals surface area contributed by atoms with E-state index in [-0.39, 0.29) is 23.4 Å². The Kier molecular flexibility index (Phi) is 8.15. The average Bonchev–Trinajstić information content (AvgIpc) is 2.52. The van der Waals surface area contributed by atoms with Gasteiger partial charge in [0.2, 0.25) is 10.0 Å². The topological polar surface area (TPSA) is 75.3 Å². The number of nitrogens with one attached hydrogen (secondary N) is 2. The molecular formula is C18H28N2O3S. The van der Waals surface area contributed by atoms with Crippen molar-refractivity contribution in [1.82, 2.24) is 10.0 Å². The molecule has 0 aliphatic carbocycles. The van der Waals surface area contributed by atoms with Crippen molar-refractivity contribution in [3.63, 3.8) is 0 Å². The normalized spacial score (nSPS) is 12.8. The van der Waals surface area contributed by atoms with Crippen LogP contribution in [0.25, 0.3) is 0 Å². The molecule has 1 aromatic carbocycles. The van der Waals surface area contributed by atoms with E-state index in [0.29, 0.717) is 11.5 Å². The number of rotatable bonds is 10. The highest BCUT2D eigenvalue weighted by Crippen LogP contribution is 2.13. The van der Waals surface area contributed by atoms with Gasteiger partial charge < -0.3 is 5.32 Å². The summed E-state index contributed by atoms with van der Waals surface area (Å²) in [5.74, 6) is 0.394. The second-order valence-corrected chi connectivity index (χ2v) is 8.13. The minimum Gasteiger partial charge on any atom is -0.350 e. The molecule has 0 aromatic heterocycles. The van der Waals surface area contributed by atoms with E-state index in [1.807, 2.05) is 6.92 Å². The van der Waals surface area contributed by atoms with Gasteiger partial charge in [0, 0.05) is 18.2 Å². The van der Waals surface area contributed by atoms with E-state index in [1.54, 1.807) is 12.1 Å². The molecule has 5 nitrogen and oxygen atoms in total. The number of amides is 1. The number of hydrogen-bond acceptors (Lipinski definition) is 3. The van der Waals surface area contributed by atoms with Crippen LogP contribution in [0, 0.1) is 5.92 Å². The Balaban J connectivity index is 2.71. The van der Waals surface area contributed by atoms with E-state index >= 15 is 0 Å². The van der Waals surface area contributed by atoms with Gasteiger partial charge in [-0.05, 0) is 37.5 Å². The highest BCUT2D eigenvalue weighted by molar-refractivity contribution is 7.89. The maximum atomic E-state index is 12.3. The van der Waals surface area contributed by atoms with E-state index in [1.165, 1.54) is 18.2 Å². The Hall–Kier alpha value is -1.66. The first-order valence-electron chi connectivity index (χ1n) is 8.27. The van der Waals surface area contributed by atoms with Crippen LogP contribution in [-0.4, -0.2) is 26.9 Å². The summed E-state index contributed by atoms with van der Waals surface area (Å²) in [5.41, 5.74) is 0.340. The van der Waals surface area contributed by atoms with Gasteiger partial charge >= 0.3 is 0 Å². The largest absolute Gasteiger partial charge is 0.350 e. The molecule has 1 atom stereocenters. The van der Waals surface area contributed by atoms with Crippen LogP contribution in [0.4, 0.5) is 0 Å². The van der Waals surface area contributed by atoms with Crippen molar-refractivity contribution < 1.29 is 13.2 Å². The van der Waals surface area contributed by atoms with Crippen LogP contribution in [-0.2, 0) is 10.0 Å². The van der Waals surface area contributed by atoms with Gasteiger partial charge in [0.25, 0.3) is 5.91 Å². The molecule has 0 radical (unpaired) electrons. The summed E-state index contributed by atoms with van der Waals surface area (Å²) >= 11 is 0. The second-order valence-electron chi connectivity index (χ2n) is 6.37. The van der Waals surface area contributed by atoms with Crippen molar-refractivity contribution in [2.24, 2.45) is 5.92 Å². The van der Waals surface area contributed by atoms with Crippen LogP contribution < -0.4 is 10.0 Å². The highest BCUT2D eigenvalue weighted by atomic mass is 32.2. The van der Waals surface area contributed by atoms with Crippen LogP contribution in [0.15, 0.2) is 41.8 Å². The van der Waals surface area contributed by atoms with Crippen molar-refractivity contribution in [3.8, 4) is 0 Å². The lowest BCUT2D eigenvalue weighted by molar-refractivity contribution is 0.0937. The minimum atomic E-state index is -3.63. The summed E-state index contributed by atoms with van der Waals surface area (Å²) in [4.78, 5) is 12.4. The highest BCUT2D eigenvalue weighted by Gasteiger charge is 2.16. The average molecular weight is 353 g/mol. The summed E-state index contributed by atoms with van der Waals surface area (Å²) in [6.07, 6.45) is 4.55. The fourth-order valence-corrected chi connectivity index (χ4v) is 3.31. The number of carbonyl (C=O) groups excluding carboxylic acids is 1. The lowest BCUT2D eigenvalue weighted by Gasteiger charge is -2.15. The number of carbonyl (C=O) groups is 1. The zero-order chi connectivity index (χ0) is 18.2. The summed E-state index contributed by atoms with van der Waals surface area (Å²) in [6.45, 7) is 9.94. The minimum absolute atomic E-state index is 0.0513. The van der Waals surface area contributed by atoms with Gasteiger partial charge in [-0.25, -0.2) is 13.1 Å². The third kappa shape index (κ3) is 6.84. The second kappa shape index (κ2) is 9.59. The van der Waals surface area contributed by atoms with Crippen LogP contribution >= 0.6 is 0 Å². The van der Waals surface area contributed by atoms with Crippen molar-refractivity contribution in [2.45, 2.75) is 51.0 Å². The maximum Gasteiger partial charge on any atom is 0.251 e. The molecule has 6 heteroatoms. The fourth-order valence-electron chi connectivity index (χ4n) is 2.27. The van der Waals surface area contributed by atoms with Crippen molar-refractivity contribution in [2.75, 3.05) is 6.54 Å². The molecule has 0 heterocycles. The van der Waals surface area contributed by atoms with E-state index < -0.39 is 10.0 Å². The molecule has 2 N–H and O–H groups in total. The van der Waals surface area contributed by atoms with Crippen molar-refractivity contribution in [3.05, 3.63) is 42.5 Å². The molecule has 0 saturated heterocycles. The first-order valence-corrected chi connectivity index (χ1v) is 9.76. The molecule has 0 aliphatic heterocycles. The fraction of sp³-hybridized carbons (Fsp3) is 0.500. The lowest BCUT2D eigenvalue weighted by atomic mass is 10.0. The Labute approximate surface area is 145 Å². The lowest BCUT2D eigenvalue weighted by Crippen LogP contribution is -2.32. The van der Waals surface area contributed by atoms with Crippen LogP contribution in [0.3, 0.4) is 0 Å². The third-order valence-electron chi connectivity index (χ3n) is 3.62. The maximum absolute atomic E-state index is 12.3. The number of sulfonamides is 1. The van der Waals surface area contributed by atoms with Crippen molar-refractivity contribution in [1.29, 1.82) is 0 Å². The Morgan fingerprint density at radius 2 is 1.96 bits per heavy atom. The number of benzene rings is 1. The molecule has 1 aromatic rings. The SMILES string of the molecule is C=CCNS(=O)(=O)c1cccc(C(=O)N[C@H](C)CCCC(C)C)c1. The summed E-state index contributed by atoms with van der Waals surface area (Å²) < 4.78 is 26.6. The molecule has 0 bridgehead atoms. The Morgan fingerprint density at radius 1 is 1.25 bits per heavy atom. The summed E-state index contributed by atoms with van der Waals surface area (Å²) in [6, 6.07) is 6.09. The zero-order valence-corrected chi connectivity index (χ0v) is 15.5. The van der Waals surface area contributed by atoms with E-state index in [4.69, 9.17) is 0 Å². The van der Waals surface area contributed by atoms with Gasteiger partial charge in [-0.1, -0.05) is 38.8 Å². The zero-order valence-electron chi connectivity index (χ0n) is 14.7. The smallest absolute Gasteiger partial charge is 0.251 e. The quantitative estimate of drug-likeness (QED) is 0.635. The molecule has 0 aliphatic rings. The standard InChI is InChI=1S/C18H28N2O3S/c1-5-12-19-24(22,23)17-11-7-10-16(13-17)18(21)20-15(4)9-6-8-14(2)3/h5,7,10-11,13-15,19H,1,6,8-9,12H2,2-4H3,(H,20,21)/t15-/m1/s1. The van der Waals surface area contributed by atoms with Crippen LogP contribution in [0.5, 0.6) is 0 Å². The molecule has 1 amide bonds. The van der Waals surface area contributed by atoms with E-state index in [9.17, 15) is 13.2 Å². The van der Waals surface area contributed by atoms with Gasteiger partial charge in [0.1, 0.15) is 0 Å². The molecule has 134 valence electrons. The first-order chi connectivity index (χ1) is 11.3. The van der Waals surface area contributed by atoms with Gasteiger partial charge in [-0.3, -0.25) is 4.79 Å². The summed E-state index contributed by atoms with van der Waals surface area (Å²) in [7, 11) is -3.63. The Morgan fingerprint density at radius 3 is 2.58 bits per heavy atom. The van der Waals surface area contributed by atoms with Gasteiger partial charge in [-0.15, -0.1) is 6.58 Å². The van der Waals surface area contributed by atoms with Gasteiger partial charge in [-0.2, -0.15) is 0 Å². The monoisotopic (exact) mass is 352 g/mol. The molecule has 0 unspecified atom stereocenters. The summed E-state index contributed by atoms with van der Waals surface area (Å²) in [5, 5.41) is 2.92. The third-order valence-corrected chi connectivity index (χ3v) is 5.04. The van der Waals surface area contributed by atoms with Crippen molar-refractivity contribution >= 4 is 15.9 Å². The number of hydrogen-bond donors (Lipinski definition) is 2. The first kappa shape index (κ1) is 20.4. The van der Waals surface area contributed by atoms with E-state index in [2.05, 4.69) is 30.5 Å². The molecule has 0 saturated carbocycles.